The highest BCUT2D eigenvalue weighted by Gasteiger charge is 2.48. The molecule has 1 N–H and O–H groups in total. The maximum absolute atomic E-state index is 12.0. The zero-order chi connectivity index (χ0) is 14.3. The van der Waals surface area contributed by atoms with Gasteiger partial charge in [0, 0.05) is 6.26 Å². The summed E-state index contributed by atoms with van der Waals surface area (Å²) in [5.74, 6) is -1.70. The molecular weight excluding hydrogens is 260 g/mol. The second-order valence-electron chi connectivity index (χ2n) is 5.00. The first-order valence-electron chi connectivity index (χ1n) is 5.33. The van der Waals surface area contributed by atoms with E-state index in [0.29, 0.717) is 0 Å². The Bertz CT molecular complexity index is 508. The van der Waals surface area contributed by atoms with Gasteiger partial charge in [-0.2, -0.15) is 0 Å². The summed E-state index contributed by atoms with van der Waals surface area (Å²) >= 11 is 0. The Hall–Kier alpha value is -1.44. The highest BCUT2D eigenvalue weighted by molar-refractivity contribution is 7.90. The second-order valence-corrected chi connectivity index (χ2v) is 7.19. The van der Waals surface area contributed by atoms with E-state index in [1.165, 1.54) is 20.8 Å². The van der Waals surface area contributed by atoms with E-state index in [0.717, 1.165) is 11.2 Å². The fraction of sp³-hybridized carbons (Fsp3) is 0.700. The number of imide groups is 2. The van der Waals surface area contributed by atoms with Crippen LogP contribution < -0.4 is 5.32 Å². The molecule has 1 fully saturated rings. The molecule has 7 nitrogen and oxygen atoms in total. The van der Waals surface area contributed by atoms with Crippen molar-refractivity contribution in [3.8, 4) is 0 Å². The minimum absolute atomic E-state index is 0.337. The van der Waals surface area contributed by atoms with Gasteiger partial charge < -0.3 is 0 Å². The summed E-state index contributed by atoms with van der Waals surface area (Å²) in [4.78, 5) is 35.9. The Morgan fingerprint density at radius 2 is 1.78 bits per heavy atom. The average molecular weight is 276 g/mol. The highest BCUT2D eigenvalue weighted by atomic mass is 32.2. The van der Waals surface area contributed by atoms with Crippen LogP contribution in [0.15, 0.2) is 0 Å². The molecule has 0 spiro atoms. The number of sulfone groups is 1. The number of urea groups is 1. The molecule has 0 aromatic carbocycles. The van der Waals surface area contributed by atoms with Crippen LogP contribution in [0.3, 0.4) is 0 Å². The molecule has 0 bridgehead atoms. The summed E-state index contributed by atoms with van der Waals surface area (Å²) in [6, 6.07) is -1.69. The first kappa shape index (κ1) is 14.6. The van der Waals surface area contributed by atoms with Crippen molar-refractivity contribution in [1.82, 2.24) is 10.2 Å². The van der Waals surface area contributed by atoms with Crippen LogP contribution in [0.4, 0.5) is 4.79 Å². The Kier molecular flexibility index (Phi) is 3.53. The normalized spacial score (nSPS) is 21.8. The minimum atomic E-state index is -3.33. The van der Waals surface area contributed by atoms with Gasteiger partial charge in [-0.3, -0.25) is 19.8 Å². The van der Waals surface area contributed by atoms with E-state index >= 15 is 0 Å². The predicted octanol–water partition coefficient (Wildman–Crippen LogP) is -0.476. The molecule has 1 unspecified atom stereocenters. The number of hydrogen-bond donors (Lipinski definition) is 1. The number of hydrogen-bond acceptors (Lipinski definition) is 5. The van der Waals surface area contributed by atoms with Crippen molar-refractivity contribution >= 4 is 27.7 Å². The van der Waals surface area contributed by atoms with E-state index in [2.05, 4.69) is 0 Å². The van der Waals surface area contributed by atoms with E-state index in [9.17, 15) is 22.8 Å². The third-order valence-electron chi connectivity index (χ3n) is 2.75. The summed E-state index contributed by atoms with van der Waals surface area (Å²) in [7, 11) is -3.33. The Balaban J connectivity index is 3.05. The number of rotatable bonds is 3. The van der Waals surface area contributed by atoms with Crippen molar-refractivity contribution in [2.45, 2.75) is 26.8 Å². The lowest BCUT2D eigenvalue weighted by atomic mass is 9.88. The highest BCUT2D eigenvalue weighted by Crippen LogP contribution is 2.25. The lowest BCUT2D eigenvalue weighted by Crippen LogP contribution is -2.64. The Morgan fingerprint density at radius 1 is 1.28 bits per heavy atom. The van der Waals surface area contributed by atoms with Gasteiger partial charge in [0.25, 0.3) is 0 Å². The van der Waals surface area contributed by atoms with E-state index in [4.69, 9.17) is 0 Å². The van der Waals surface area contributed by atoms with Gasteiger partial charge in [-0.15, -0.1) is 0 Å². The largest absolute Gasteiger partial charge is 0.331 e. The van der Waals surface area contributed by atoms with Crippen LogP contribution in [-0.4, -0.2) is 49.2 Å². The van der Waals surface area contributed by atoms with Gasteiger partial charge >= 0.3 is 6.03 Å². The lowest BCUT2D eigenvalue weighted by molar-refractivity contribution is -0.150. The predicted molar refractivity (Wildman–Crippen MR) is 63.3 cm³/mol. The van der Waals surface area contributed by atoms with Crippen molar-refractivity contribution in [2.75, 3.05) is 12.0 Å². The zero-order valence-electron chi connectivity index (χ0n) is 10.7. The SMILES string of the molecule is CC(CS(C)(=O)=O)N1C(=O)NC(=O)C(C)(C)C1=O. The summed E-state index contributed by atoms with van der Waals surface area (Å²) < 4.78 is 22.4. The fourth-order valence-electron chi connectivity index (χ4n) is 1.72. The van der Waals surface area contributed by atoms with E-state index in [1.54, 1.807) is 0 Å². The zero-order valence-corrected chi connectivity index (χ0v) is 11.5. The van der Waals surface area contributed by atoms with Gasteiger partial charge in [0.2, 0.25) is 11.8 Å². The van der Waals surface area contributed by atoms with Crippen LogP contribution >= 0.6 is 0 Å². The molecule has 1 aliphatic heterocycles. The molecule has 0 radical (unpaired) electrons. The third kappa shape index (κ3) is 2.69. The van der Waals surface area contributed by atoms with Gasteiger partial charge in [0.1, 0.15) is 15.3 Å². The number of carbonyl (C=O) groups excluding carboxylic acids is 3. The van der Waals surface area contributed by atoms with Crippen LogP contribution in [0.1, 0.15) is 20.8 Å². The van der Waals surface area contributed by atoms with Gasteiger partial charge in [0.15, 0.2) is 0 Å². The molecule has 1 rings (SSSR count). The standard InChI is InChI=1S/C10H16N2O5S/c1-6(5-18(4,16)17)12-8(14)10(2,3)7(13)11-9(12)15/h6H,5H2,1-4H3,(H,11,13,15). The molecule has 4 amide bonds. The summed E-state index contributed by atoms with van der Waals surface area (Å²) in [5.41, 5.74) is -1.38. The van der Waals surface area contributed by atoms with Crippen LogP contribution in [-0.2, 0) is 19.4 Å². The fourth-order valence-corrected chi connectivity index (χ4v) is 2.74. The maximum Gasteiger partial charge on any atom is 0.331 e. The van der Waals surface area contributed by atoms with Gasteiger partial charge in [0.05, 0.1) is 11.8 Å². The van der Waals surface area contributed by atoms with Gasteiger partial charge in [-0.1, -0.05) is 0 Å². The number of nitrogens with zero attached hydrogens (tertiary/aromatic N) is 1. The Morgan fingerprint density at radius 3 is 2.22 bits per heavy atom. The number of nitrogens with one attached hydrogen (secondary N) is 1. The summed E-state index contributed by atoms with van der Waals surface area (Å²) in [5, 5.41) is 2.05. The van der Waals surface area contributed by atoms with Crippen molar-refractivity contribution in [3.05, 3.63) is 0 Å². The molecule has 0 saturated carbocycles. The molecule has 0 aromatic rings. The third-order valence-corrected chi connectivity index (χ3v) is 3.83. The smallest absolute Gasteiger partial charge is 0.277 e. The van der Waals surface area contributed by atoms with Crippen LogP contribution in [0.25, 0.3) is 0 Å². The first-order chi connectivity index (χ1) is 7.97. The summed E-state index contributed by atoms with van der Waals surface area (Å²) in [6.07, 6.45) is 1.02. The molecule has 1 heterocycles. The number of barbiturate groups is 1. The quantitative estimate of drug-likeness (QED) is 0.702. The topological polar surface area (TPSA) is 101 Å². The molecule has 1 aliphatic rings. The van der Waals surface area contributed by atoms with Crippen LogP contribution in [0, 0.1) is 5.41 Å². The van der Waals surface area contributed by atoms with Gasteiger partial charge in [-0.05, 0) is 20.8 Å². The van der Waals surface area contributed by atoms with E-state index in [1.807, 2.05) is 5.32 Å². The first-order valence-corrected chi connectivity index (χ1v) is 7.39. The van der Waals surface area contributed by atoms with Crippen molar-refractivity contribution < 1.29 is 22.8 Å². The Labute approximate surface area is 105 Å². The van der Waals surface area contributed by atoms with Crippen molar-refractivity contribution in [3.63, 3.8) is 0 Å². The average Bonchev–Trinajstić information content (AvgIpc) is 2.12. The van der Waals surface area contributed by atoms with E-state index < -0.39 is 39.1 Å². The van der Waals surface area contributed by atoms with Crippen molar-refractivity contribution in [2.24, 2.45) is 5.41 Å². The molecule has 8 heteroatoms. The molecule has 1 atom stereocenters. The molecular formula is C10H16N2O5S. The summed E-state index contributed by atoms with van der Waals surface area (Å²) in [6.45, 7) is 4.22. The molecule has 0 aromatic heterocycles. The number of carbonyl (C=O) groups is 3. The maximum atomic E-state index is 12.0. The molecule has 18 heavy (non-hydrogen) atoms. The molecule has 0 aliphatic carbocycles. The lowest BCUT2D eigenvalue weighted by Gasteiger charge is -2.37. The van der Waals surface area contributed by atoms with E-state index in [-0.39, 0.29) is 5.75 Å². The number of amides is 4. The van der Waals surface area contributed by atoms with Gasteiger partial charge in [-0.25, -0.2) is 13.2 Å². The monoisotopic (exact) mass is 276 g/mol. The van der Waals surface area contributed by atoms with Crippen LogP contribution in [0.2, 0.25) is 0 Å². The van der Waals surface area contributed by atoms with Crippen molar-refractivity contribution in [1.29, 1.82) is 0 Å². The van der Waals surface area contributed by atoms with Crippen LogP contribution in [0.5, 0.6) is 0 Å². The minimum Gasteiger partial charge on any atom is -0.277 e. The second kappa shape index (κ2) is 4.34. The molecule has 1 saturated heterocycles. The molecule has 102 valence electrons.